The van der Waals surface area contributed by atoms with Crippen molar-refractivity contribution in [2.75, 3.05) is 11.9 Å². The van der Waals surface area contributed by atoms with E-state index >= 15 is 0 Å². The monoisotopic (exact) mass is 266 g/mol. The zero-order chi connectivity index (χ0) is 13.7. The SMILES string of the molecule is CN(c1cccc(C#N)c1)C1C2CC3CC(C2)CC1C3. The Morgan fingerprint density at radius 2 is 1.70 bits per heavy atom. The third kappa shape index (κ3) is 1.84. The van der Waals surface area contributed by atoms with Gasteiger partial charge in [-0.05, 0) is 74.0 Å². The van der Waals surface area contributed by atoms with Crippen molar-refractivity contribution in [1.29, 1.82) is 5.26 Å². The largest absolute Gasteiger partial charge is 0.371 e. The van der Waals surface area contributed by atoms with E-state index in [1.165, 1.54) is 37.8 Å². The van der Waals surface area contributed by atoms with Crippen LogP contribution in [0, 0.1) is 35.0 Å². The molecule has 0 atom stereocenters. The summed E-state index contributed by atoms with van der Waals surface area (Å²) in [6.07, 6.45) is 7.28. The maximum absolute atomic E-state index is 9.09. The van der Waals surface area contributed by atoms with Gasteiger partial charge in [-0.15, -0.1) is 0 Å². The van der Waals surface area contributed by atoms with Crippen molar-refractivity contribution in [2.45, 2.75) is 38.1 Å². The van der Waals surface area contributed by atoms with E-state index in [0.29, 0.717) is 6.04 Å². The molecule has 4 aliphatic carbocycles. The van der Waals surface area contributed by atoms with Gasteiger partial charge in [-0.1, -0.05) is 6.07 Å². The number of nitrogens with zero attached hydrogens (tertiary/aromatic N) is 2. The Morgan fingerprint density at radius 3 is 2.30 bits per heavy atom. The van der Waals surface area contributed by atoms with Crippen LogP contribution in [0.3, 0.4) is 0 Å². The lowest BCUT2D eigenvalue weighted by molar-refractivity contribution is -0.00122. The van der Waals surface area contributed by atoms with Gasteiger partial charge in [-0.3, -0.25) is 0 Å². The van der Waals surface area contributed by atoms with Crippen molar-refractivity contribution in [2.24, 2.45) is 23.7 Å². The van der Waals surface area contributed by atoms with Crippen LogP contribution in [-0.2, 0) is 0 Å². The summed E-state index contributed by atoms with van der Waals surface area (Å²) in [5, 5.41) is 9.09. The van der Waals surface area contributed by atoms with Crippen LogP contribution in [0.25, 0.3) is 0 Å². The maximum atomic E-state index is 9.09. The van der Waals surface area contributed by atoms with E-state index in [0.717, 1.165) is 29.2 Å². The number of benzene rings is 1. The first-order chi connectivity index (χ1) is 9.74. The zero-order valence-electron chi connectivity index (χ0n) is 12.1. The lowest BCUT2D eigenvalue weighted by atomic mass is 9.54. The van der Waals surface area contributed by atoms with E-state index in [1.54, 1.807) is 0 Å². The summed E-state index contributed by atoms with van der Waals surface area (Å²) in [5.74, 6) is 3.82. The molecule has 0 unspecified atom stereocenters. The van der Waals surface area contributed by atoms with Crippen LogP contribution in [0.5, 0.6) is 0 Å². The fourth-order valence-electron chi connectivity index (χ4n) is 5.50. The minimum Gasteiger partial charge on any atom is -0.371 e. The lowest BCUT2D eigenvalue weighted by Gasteiger charge is -2.57. The van der Waals surface area contributed by atoms with E-state index in [1.807, 2.05) is 18.2 Å². The van der Waals surface area contributed by atoms with Gasteiger partial charge in [0.1, 0.15) is 0 Å². The normalized spacial score (nSPS) is 37.7. The molecular weight excluding hydrogens is 244 g/mol. The first-order valence-electron chi connectivity index (χ1n) is 7.97. The average Bonchev–Trinajstić information content (AvgIpc) is 2.46. The lowest BCUT2D eigenvalue weighted by Crippen LogP contribution is -2.55. The molecule has 0 amide bonds. The van der Waals surface area contributed by atoms with E-state index in [-0.39, 0.29) is 0 Å². The molecular formula is C18H22N2. The number of rotatable bonds is 2. The molecule has 4 bridgehead atoms. The van der Waals surface area contributed by atoms with Crippen molar-refractivity contribution in [3.63, 3.8) is 0 Å². The van der Waals surface area contributed by atoms with Gasteiger partial charge in [0.2, 0.25) is 0 Å². The van der Waals surface area contributed by atoms with Crippen molar-refractivity contribution < 1.29 is 0 Å². The minimum absolute atomic E-state index is 0.705. The second kappa shape index (κ2) is 4.52. The van der Waals surface area contributed by atoms with Crippen molar-refractivity contribution in [3.8, 4) is 6.07 Å². The molecule has 1 aromatic rings. The summed E-state index contributed by atoms with van der Waals surface area (Å²) in [6.45, 7) is 0. The molecule has 2 heteroatoms. The van der Waals surface area contributed by atoms with E-state index in [2.05, 4.69) is 24.1 Å². The molecule has 4 fully saturated rings. The number of hydrogen-bond acceptors (Lipinski definition) is 2. The second-order valence-corrected chi connectivity index (χ2v) is 7.19. The second-order valence-electron chi connectivity index (χ2n) is 7.19. The molecule has 104 valence electrons. The summed E-state index contributed by atoms with van der Waals surface area (Å²) in [5.41, 5.74) is 2.00. The minimum atomic E-state index is 0.705. The van der Waals surface area contributed by atoms with Crippen LogP contribution in [0.1, 0.15) is 37.7 Å². The first kappa shape index (κ1) is 12.3. The first-order valence-corrected chi connectivity index (χ1v) is 7.97. The average molecular weight is 266 g/mol. The Labute approximate surface area is 121 Å². The molecule has 4 saturated carbocycles. The Hall–Kier alpha value is -1.49. The summed E-state index contributed by atoms with van der Waals surface area (Å²) >= 11 is 0. The molecule has 0 N–H and O–H groups in total. The molecule has 0 aromatic heterocycles. The van der Waals surface area contributed by atoms with Crippen LogP contribution in [0.15, 0.2) is 24.3 Å². The zero-order valence-corrected chi connectivity index (χ0v) is 12.1. The molecule has 0 heterocycles. The van der Waals surface area contributed by atoms with Crippen LogP contribution in [0.4, 0.5) is 5.69 Å². The van der Waals surface area contributed by atoms with E-state index in [4.69, 9.17) is 5.26 Å². The quantitative estimate of drug-likeness (QED) is 0.813. The summed E-state index contributed by atoms with van der Waals surface area (Å²) in [6, 6.07) is 11.1. The molecule has 1 aromatic carbocycles. The molecule has 2 nitrogen and oxygen atoms in total. The molecule has 0 spiro atoms. The molecule has 5 rings (SSSR count). The third-order valence-corrected chi connectivity index (χ3v) is 6.01. The van der Waals surface area contributed by atoms with Gasteiger partial charge in [-0.2, -0.15) is 5.26 Å². The molecule has 0 saturated heterocycles. The van der Waals surface area contributed by atoms with Crippen LogP contribution < -0.4 is 4.90 Å². The topological polar surface area (TPSA) is 27.0 Å². The Kier molecular flexibility index (Phi) is 2.77. The molecule has 4 aliphatic rings. The summed E-state index contributed by atoms with van der Waals surface area (Å²) in [4.78, 5) is 2.48. The fraction of sp³-hybridized carbons (Fsp3) is 0.611. The highest BCUT2D eigenvalue weighted by Gasteiger charge is 2.49. The predicted octanol–water partition coefficient (Wildman–Crippen LogP) is 3.82. The van der Waals surface area contributed by atoms with Crippen LogP contribution in [0.2, 0.25) is 0 Å². The maximum Gasteiger partial charge on any atom is 0.0992 e. The van der Waals surface area contributed by atoms with E-state index in [9.17, 15) is 0 Å². The number of nitriles is 1. The van der Waals surface area contributed by atoms with Gasteiger partial charge in [0, 0.05) is 18.8 Å². The highest BCUT2D eigenvalue weighted by atomic mass is 15.1. The van der Waals surface area contributed by atoms with Crippen molar-refractivity contribution in [3.05, 3.63) is 29.8 Å². The number of hydrogen-bond donors (Lipinski definition) is 0. The van der Waals surface area contributed by atoms with Crippen LogP contribution in [-0.4, -0.2) is 13.1 Å². The smallest absolute Gasteiger partial charge is 0.0992 e. The Balaban J connectivity index is 1.62. The highest BCUT2D eigenvalue weighted by Crippen LogP contribution is 2.55. The van der Waals surface area contributed by atoms with Crippen molar-refractivity contribution in [1.82, 2.24) is 0 Å². The standard InChI is InChI=1S/C18H22N2/c1-20(17-4-2-3-12(10-17)11-19)18-15-6-13-5-14(8-15)9-16(18)7-13/h2-4,10,13-16,18H,5-9H2,1H3. The predicted molar refractivity (Wildman–Crippen MR) is 80.4 cm³/mol. The van der Waals surface area contributed by atoms with Gasteiger partial charge in [0.25, 0.3) is 0 Å². The van der Waals surface area contributed by atoms with Gasteiger partial charge in [0.05, 0.1) is 11.6 Å². The van der Waals surface area contributed by atoms with Crippen molar-refractivity contribution >= 4 is 5.69 Å². The highest BCUT2D eigenvalue weighted by molar-refractivity contribution is 5.52. The molecule has 0 radical (unpaired) electrons. The summed E-state index contributed by atoms with van der Waals surface area (Å²) < 4.78 is 0. The fourth-order valence-corrected chi connectivity index (χ4v) is 5.50. The van der Waals surface area contributed by atoms with Gasteiger partial charge >= 0.3 is 0 Å². The molecule has 0 aliphatic heterocycles. The van der Waals surface area contributed by atoms with Gasteiger partial charge in [0.15, 0.2) is 0 Å². The van der Waals surface area contributed by atoms with Crippen LogP contribution >= 0.6 is 0 Å². The molecule has 20 heavy (non-hydrogen) atoms. The van der Waals surface area contributed by atoms with Gasteiger partial charge < -0.3 is 4.90 Å². The van der Waals surface area contributed by atoms with E-state index < -0.39 is 0 Å². The third-order valence-electron chi connectivity index (χ3n) is 6.01. The summed E-state index contributed by atoms with van der Waals surface area (Å²) in [7, 11) is 2.24. The Bertz CT molecular complexity index is 529. The van der Waals surface area contributed by atoms with Gasteiger partial charge in [-0.25, -0.2) is 0 Å². The number of anilines is 1. The Morgan fingerprint density at radius 1 is 1.05 bits per heavy atom.